The molecule has 1 fully saturated rings. The smallest absolute Gasteiger partial charge is 0.0672 e. The van der Waals surface area contributed by atoms with E-state index in [-0.39, 0.29) is 0 Å². The van der Waals surface area contributed by atoms with Crippen molar-refractivity contribution in [3.8, 4) is 0 Å². The second-order valence-corrected chi connectivity index (χ2v) is 4.67. The fourth-order valence-corrected chi connectivity index (χ4v) is 2.09. The summed E-state index contributed by atoms with van der Waals surface area (Å²) in [5.41, 5.74) is 8.84. The van der Waals surface area contributed by atoms with Gasteiger partial charge in [-0.1, -0.05) is 0 Å². The van der Waals surface area contributed by atoms with Gasteiger partial charge in [0.25, 0.3) is 0 Å². The average Bonchev–Trinajstić information content (AvgIpc) is 3.01. The van der Waals surface area contributed by atoms with Crippen molar-refractivity contribution in [3.05, 3.63) is 18.3 Å². The Bertz CT molecular complexity index is 513. The predicted molar refractivity (Wildman–Crippen MR) is 66.3 cm³/mol. The van der Waals surface area contributed by atoms with Gasteiger partial charge in [-0.15, -0.1) is 0 Å². The summed E-state index contributed by atoms with van der Waals surface area (Å²) in [4.78, 5) is 0. The minimum atomic E-state index is 0.502. The van der Waals surface area contributed by atoms with Gasteiger partial charge < -0.3 is 11.1 Å². The highest BCUT2D eigenvalue weighted by Crippen LogP contribution is 2.35. The summed E-state index contributed by atoms with van der Waals surface area (Å²) in [5.74, 6) is 0.817. The molecule has 1 saturated carbocycles. The van der Waals surface area contributed by atoms with E-state index in [9.17, 15) is 0 Å². The van der Waals surface area contributed by atoms with Crippen LogP contribution in [0.5, 0.6) is 0 Å². The lowest BCUT2D eigenvalue weighted by Crippen LogP contribution is -2.18. The summed E-state index contributed by atoms with van der Waals surface area (Å²) >= 11 is 0. The molecule has 84 valence electrons. The zero-order chi connectivity index (χ0) is 11.1. The quantitative estimate of drug-likeness (QED) is 0.690. The summed E-state index contributed by atoms with van der Waals surface area (Å²) in [6, 6.07) is 4.50. The first-order valence-corrected chi connectivity index (χ1v) is 5.73. The third-order valence-electron chi connectivity index (χ3n) is 3.32. The largest absolute Gasteiger partial charge is 0.397 e. The van der Waals surface area contributed by atoms with Crippen LogP contribution in [0, 0.1) is 5.92 Å². The molecular formula is C12H16N4. The van der Waals surface area contributed by atoms with Crippen LogP contribution in [0.4, 0.5) is 11.4 Å². The second kappa shape index (κ2) is 3.40. The fraction of sp³-hybridized carbons (Fsp3) is 0.417. The van der Waals surface area contributed by atoms with E-state index >= 15 is 0 Å². The zero-order valence-corrected chi connectivity index (χ0v) is 9.33. The van der Waals surface area contributed by atoms with Gasteiger partial charge >= 0.3 is 0 Å². The molecule has 0 aliphatic heterocycles. The first kappa shape index (κ1) is 9.51. The van der Waals surface area contributed by atoms with Crippen molar-refractivity contribution in [2.45, 2.75) is 25.8 Å². The number of nitrogen functional groups attached to an aromatic ring is 1. The second-order valence-electron chi connectivity index (χ2n) is 4.67. The van der Waals surface area contributed by atoms with E-state index in [1.165, 1.54) is 12.8 Å². The summed E-state index contributed by atoms with van der Waals surface area (Å²) in [7, 11) is 0. The van der Waals surface area contributed by atoms with Crippen LogP contribution in [0.1, 0.15) is 19.8 Å². The van der Waals surface area contributed by atoms with Gasteiger partial charge in [-0.05, 0) is 37.8 Å². The molecule has 1 unspecified atom stereocenters. The lowest BCUT2D eigenvalue weighted by molar-refractivity contribution is 0.695. The maximum atomic E-state index is 6.01. The third kappa shape index (κ3) is 1.60. The molecule has 0 amide bonds. The molecule has 1 aliphatic rings. The van der Waals surface area contributed by atoms with Gasteiger partial charge in [-0.3, -0.25) is 5.10 Å². The molecule has 4 heteroatoms. The predicted octanol–water partition coefficient (Wildman–Crippen LogP) is 2.36. The number of anilines is 2. The molecular weight excluding hydrogens is 200 g/mol. The van der Waals surface area contributed by atoms with Gasteiger partial charge in [0.1, 0.15) is 0 Å². The van der Waals surface area contributed by atoms with Gasteiger partial charge in [-0.25, -0.2) is 0 Å². The van der Waals surface area contributed by atoms with E-state index in [4.69, 9.17) is 5.73 Å². The molecule has 1 aliphatic carbocycles. The maximum Gasteiger partial charge on any atom is 0.0672 e. The van der Waals surface area contributed by atoms with E-state index in [1.54, 1.807) is 6.20 Å². The third-order valence-corrected chi connectivity index (χ3v) is 3.32. The highest BCUT2D eigenvalue weighted by Gasteiger charge is 2.28. The molecule has 16 heavy (non-hydrogen) atoms. The Hall–Kier alpha value is -1.71. The number of aromatic amines is 1. The molecule has 3 rings (SSSR count). The van der Waals surface area contributed by atoms with Crippen LogP contribution >= 0.6 is 0 Å². The molecule has 4 N–H and O–H groups in total. The van der Waals surface area contributed by atoms with E-state index in [0.717, 1.165) is 28.2 Å². The number of hydrogen-bond acceptors (Lipinski definition) is 3. The van der Waals surface area contributed by atoms with Crippen molar-refractivity contribution in [2.24, 2.45) is 5.92 Å². The number of nitrogens with two attached hydrogens (primary N) is 1. The highest BCUT2D eigenvalue weighted by molar-refractivity contribution is 5.88. The Balaban J connectivity index is 1.92. The van der Waals surface area contributed by atoms with Crippen LogP contribution in [0.25, 0.3) is 10.9 Å². The summed E-state index contributed by atoms with van der Waals surface area (Å²) in [6.07, 6.45) is 4.46. The highest BCUT2D eigenvalue weighted by atomic mass is 15.1. The minimum Gasteiger partial charge on any atom is -0.397 e. The Morgan fingerprint density at radius 2 is 2.31 bits per heavy atom. The van der Waals surface area contributed by atoms with E-state index in [2.05, 4.69) is 22.4 Å². The fourth-order valence-electron chi connectivity index (χ4n) is 2.09. The molecule has 1 atom stereocenters. The van der Waals surface area contributed by atoms with Crippen LogP contribution in [0.3, 0.4) is 0 Å². The van der Waals surface area contributed by atoms with Gasteiger partial charge in [0, 0.05) is 11.4 Å². The molecule has 0 bridgehead atoms. The maximum absolute atomic E-state index is 6.01. The number of nitrogens with zero attached hydrogens (tertiary/aromatic N) is 1. The normalized spacial score (nSPS) is 17.6. The monoisotopic (exact) mass is 216 g/mol. The van der Waals surface area contributed by atoms with Crippen LogP contribution in [0.2, 0.25) is 0 Å². The first-order valence-electron chi connectivity index (χ1n) is 5.73. The van der Waals surface area contributed by atoms with Crippen molar-refractivity contribution < 1.29 is 0 Å². The van der Waals surface area contributed by atoms with E-state index < -0.39 is 0 Å². The van der Waals surface area contributed by atoms with Crippen LogP contribution in [0.15, 0.2) is 18.3 Å². The van der Waals surface area contributed by atoms with Crippen molar-refractivity contribution in [1.29, 1.82) is 0 Å². The molecule has 2 aromatic rings. The van der Waals surface area contributed by atoms with Crippen molar-refractivity contribution >= 4 is 22.3 Å². The molecule has 1 heterocycles. The lowest BCUT2D eigenvalue weighted by atomic mass is 10.1. The number of H-pyrrole nitrogens is 1. The number of fused-ring (bicyclic) bond motifs is 1. The molecule has 0 spiro atoms. The van der Waals surface area contributed by atoms with Crippen molar-refractivity contribution in [3.63, 3.8) is 0 Å². The van der Waals surface area contributed by atoms with Crippen molar-refractivity contribution in [2.75, 3.05) is 11.1 Å². The molecule has 4 nitrogen and oxygen atoms in total. The molecule has 0 saturated heterocycles. The van der Waals surface area contributed by atoms with Crippen molar-refractivity contribution in [1.82, 2.24) is 10.2 Å². The zero-order valence-electron chi connectivity index (χ0n) is 9.33. The number of benzene rings is 1. The summed E-state index contributed by atoms with van der Waals surface area (Å²) in [5, 5.41) is 11.5. The van der Waals surface area contributed by atoms with Crippen LogP contribution in [-0.4, -0.2) is 16.2 Å². The summed E-state index contributed by atoms with van der Waals surface area (Å²) < 4.78 is 0. The van der Waals surface area contributed by atoms with Crippen LogP contribution in [-0.2, 0) is 0 Å². The van der Waals surface area contributed by atoms with E-state index in [0.29, 0.717) is 6.04 Å². The number of hydrogen-bond donors (Lipinski definition) is 3. The lowest BCUT2D eigenvalue weighted by Gasteiger charge is -2.16. The first-order chi connectivity index (χ1) is 7.74. The number of nitrogens with one attached hydrogen (secondary N) is 2. The molecule has 1 aromatic carbocycles. The van der Waals surface area contributed by atoms with Gasteiger partial charge in [-0.2, -0.15) is 5.10 Å². The van der Waals surface area contributed by atoms with Crippen LogP contribution < -0.4 is 11.1 Å². The Labute approximate surface area is 94.2 Å². The number of aromatic nitrogens is 2. The Kier molecular flexibility index (Phi) is 2.02. The molecule has 1 aromatic heterocycles. The standard InChI is InChI=1S/C12H16N4/c1-7(8-2-3-8)15-12-5-11-9(4-10(12)13)6-14-16-11/h4-8,15H,2-3,13H2,1H3,(H,14,16). The van der Waals surface area contributed by atoms with Gasteiger partial charge in [0.2, 0.25) is 0 Å². The minimum absolute atomic E-state index is 0.502. The van der Waals surface area contributed by atoms with E-state index in [1.807, 2.05) is 12.1 Å². The SMILES string of the molecule is CC(Nc1cc2[nH]ncc2cc1N)C1CC1. The Morgan fingerprint density at radius 3 is 3.06 bits per heavy atom. The average molecular weight is 216 g/mol. The van der Waals surface area contributed by atoms with Gasteiger partial charge in [0.05, 0.1) is 23.1 Å². The number of rotatable bonds is 3. The topological polar surface area (TPSA) is 66.7 Å². The Morgan fingerprint density at radius 1 is 1.50 bits per heavy atom. The summed E-state index contributed by atoms with van der Waals surface area (Å²) in [6.45, 7) is 2.22. The van der Waals surface area contributed by atoms with Gasteiger partial charge in [0.15, 0.2) is 0 Å². The molecule has 0 radical (unpaired) electrons.